The maximum absolute atomic E-state index is 13.1. The summed E-state index contributed by atoms with van der Waals surface area (Å²) in [5.74, 6) is -0.241. The van der Waals surface area contributed by atoms with Crippen LogP contribution in [-0.2, 0) is 27.2 Å². The van der Waals surface area contributed by atoms with Gasteiger partial charge in [0.15, 0.2) is 5.78 Å². The summed E-state index contributed by atoms with van der Waals surface area (Å²) in [5, 5.41) is 3.00. The zero-order chi connectivity index (χ0) is 19.7. The highest BCUT2D eigenvalue weighted by atomic mass is 32.1. The Kier molecular flexibility index (Phi) is 5.69. The van der Waals surface area contributed by atoms with Gasteiger partial charge in [0.1, 0.15) is 6.29 Å². The predicted molar refractivity (Wildman–Crippen MR) is 110 cm³/mol. The second kappa shape index (κ2) is 8.21. The quantitative estimate of drug-likeness (QED) is 0.606. The van der Waals surface area contributed by atoms with Gasteiger partial charge >= 0.3 is 0 Å². The van der Waals surface area contributed by atoms with Crippen LogP contribution >= 0.6 is 12.2 Å². The van der Waals surface area contributed by atoms with Gasteiger partial charge in [-0.25, -0.2) is 0 Å². The van der Waals surface area contributed by atoms with Crippen molar-refractivity contribution in [2.75, 3.05) is 13.1 Å². The third kappa shape index (κ3) is 3.67. The van der Waals surface area contributed by atoms with Gasteiger partial charge in [-0.05, 0) is 49.1 Å². The molecule has 0 radical (unpaired) electrons. The van der Waals surface area contributed by atoms with Crippen molar-refractivity contribution in [1.29, 1.82) is 0 Å². The maximum Gasteiger partial charge on any atom is 0.223 e. The third-order valence-corrected chi connectivity index (χ3v) is 6.88. The first-order valence-electron chi connectivity index (χ1n) is 10.2. The van der Waals surface area contributed by atoms with Crippen LogP contribution in [0.4, 0.5) is 0 Å². The molecule has 0 saturated carbocycles. The smallest absolute Gasteiger partial charge is 0.223 e. The van der Waals surface area contributed by atoms with Gasteiger partial charge in [-0.3, -0.25) is 9.59 Å². The molecule has 1 N–H and O–H groups in total. The number of likely N-dealkylation sites (tertiary alicyclic amines) is 1. The molecule has 2 heterocycles. The van der Waals surface area contributed by atoms with Crippen molar-refractivity contribution in [2.24, 2.45) is 11.8 Å². The zero-order valence-electron chi connectivity index (χ0n) is 15.9. The van der Waals surface area contributed by atoms with Gasteiger partial charge in [-0.1, -0.05) is 36.5 Å². The van der Waals surface area contributed by atoms with Gasteiger partial charge in [0.25, 0.3) is 0 Å². The maximum atomic E-state index is 13.1. The number of benzene rings is 1. The molecular weight excluding hydrogens is 372 g/mol. The molecule has 0 aromatic heterocycles. The van der Waals surface area contributed by atoms with E-state index in [1.807, 2.05) is 0 Å². The molecule has 1 unspecified atom stereocenters. The highest BCUT2D eigenvalue weighted by molar-refractivity contribution is 7.80. The summed E-state index contributed by atoms with van der Waals surface area (Å²) >= 11 is 5.32. The lowest BCUT2D eigenvalue weighted by Gasteiger charge is -2.30. The highest BCUT2D eigenvalue weighted by Crippen LogP contribution is 2.30. The fourth-order valence-corrected chi connectivity index (χ4v) is 5.33. The van der Waals surface area contributed by atoms with Gasteiger partial charge in [-0.2, -0.15) is 0 Å². The van der Waals surface area contributed by atoms with E-state index in [-0.39, 0.29) is 11.7 Å². The first kappa shape index (κ1) is 19.4. The number of fused-ring (bicyclic) bond motifs is 1. The summed E-state index contributed by atoms with van der Waals surface area (Å²) in [6, 6.07) is 7.47. The Morgan fingerprint density at radius 2 is 2.00 bits per heavy atom. The standard InChI is InChI=1S/C22H26N2O3S/c25-13-17-21(19(28)12-23-17)22(27)18-6-3-9-24(18)20(26)11-14-7-8-15-4-1-2-5-16(15)10-14/h1-2,4-5,13-14,17-18,21,23H,3,6-12H2/t14-,17-,18+,21?/m1/s1. The van der Waals surface area contributed by atoms with Gasteiger partial charge in [0, 0.05) is 24.4 Å². The summed E-state index contributed by atoms with van der Waals surface area (Å²) in [6.45, 7) is 1.04. The van der Waals surface area contributed by atoms with Gasteiger partial charge in [0.2, 0.25) is 5.91 Å². The topological polar surface area (TPSA) is 66.5 Å². The van der Waals surface area contributed by atoms with E-state index in [2.05, 4.69) is 29.6 Å². The summed E-state index contributed by atoms with van der Waals surface area (Å²) in [5.41, 5.74) is 2.74. The number of nitrogens with one attached hydrogen (secondary N) is 1. The first-order chi connectivity index (χ1) is 13.6. The molecule has 1 aromatic carbocycles. The number of aryl methyl sites for hydroxylation is 1. The van der Waals surface area contributed by atoms with E-state index in [0.29, 0.717) is 36.7 Å². The number of nitrogens with zero attached hydrogens (tertiary/aromatic N) is 1. The fraction of sp³-hybridized carbons (Fsp3) is 0.545. The van der Waals surface area contributed by atoms with Crippen LogP contribution < -0.4 is 5.32 Å². The number of hydrogen-bond donors (Lipinski definition) is 1. The normalized spacial score (nSPS) is 29.6. The molecule has 0 spiro atoms. The second-order valence-corrected chi connectivity index (χ2v) is 8.74. The molecule has 4 atom stereocenters. The van der Waals surface area contributed by atoms with Gasteiger partial charge in [-0.15, -0.1) is 0 Å². The Labute approximate surface area is 170 Å². The number of Topliss-reactive ketones (excluding diaryl/α,β-unsaturated/α-hetero) is 1. The Morgan fingerprint density at radius 1 is 1.21 bits per heavy atom. The molecule has 1 aliphatic carbocycles. The minimum absolute atomic E-state index is 0.0630. The summed E-state index contributed by atoms with van der Waals surface area (Å²) in [7, 11) is 0. The van der Waals surface area contributed by atoms with Crippen molar-refractivity contribution >= 4 is 35.1 Å². The number of ketones is 1. The summed E-state index contributed by atoms with van der Waals surface area (Å²) < 4.78 is 0. The van der Waals surface area contributed by atoms with E-state index in [9.17, 15) is 14.4 Å². The largest absolute Gasteiger partial charge is 0.333 e. The van der Waals surface area contributed by atoms with E-state index in [1.165, 1.54) is 11.1 Å². The minimum Gasteiger partial charge on any atom is -0.333 e. The third-order valence-electron chi connectivity index (χ3n) is 6.48. The number of carbonyl (C=O) groups excluding carboxylic acids is 3. The molecular formula is C22H26N2O3S. The molecule has 2 fully saturated rings. The van der Waals surface area contributed by atoms with Crippen LogP contribution in [0.1, 0.15) is 36.8 Å². The monoisotopic (exact) mass is 398 g/mol. The van der Waals surface area contributed by atoms with E-state index in [0.717, 1.165) is 32.0 Å². The van der Waals surface area contributed by atoms with Crippen molar-refractivity contribution in [1.82, 2.24) is 10.2 Å². The Balaban J connectivity index is 1.42. The van der Waals surface area contributed by atoms with E-state index >= 15 is 0 Å². The number of hydrogen-bond acceptors (Lipinski definition) is 5. The van der Waals surface area contributed by atoms with Crippen molar-refractivity contribution < 1.29 is 14.4 Å². The molecule has 0 bridgehead atoms. The van der Waals surface area contributed by atoms with E-state index < -0.39 is 18.0 Å². The Bertz CT molecular complexity index is 809. The minimum atomic E-state index is -0.576. The second-order valence-electron chi connectivity index (χ2n) is 8.22. The van der Waals surface area contributed by atoms with Crippen LogP contribution in [0.5, 0.6) is 0 Å². The Hall–Kier alpha value is -1.92. The van der Waals surface area contributed by atoms with Crippen LogP contribution in [0.2, 0.25) is 0 Å². The number of amides is 1. The van der Waals surface area contributed by atoms with E-state index in [4.69, 9.17) is 12.2 Å². The van der Waals surface area contributed by atoms with Gasteiger partial charge in [0.05, 0.1) is 18.0 Å². The fourth-order valence-electron chi connectivity index (χ4n) is 4.99. The molecule has 5 nitrogen and oxygen atoms in total. The lowest BCUT2D eigenvalue weighted by molar-refractivity contribution is -0.139. The van der Waals surface area contributed by atoms with Crippen LogP contribution in [-0.4, -0.2) is 52.9 Å². The lowest BCUT2D eigenvalue weighted by Crippen LogP contribution is -2.47. The molecule has 4 rings (SSSR count). The van der Waals surface area contributed by atoms with Crippen LogP contribution in [0.25, 0.3) is 0 Å². The van der Waals surface area contributed by atoms with E-state index in [1.54, 1.807) is 4.90 Å². The highest BCUT2D eigenvalue weighted by Gasteiger charge is 2.44. The molecule has 1 aromatic rings. The van der Waals surface area contributed by atoms with Crippen LogP contribution in [0.3, 0.4) is 0 Å². The van der Waals surface area contributed by atoms with Crippen molar-refractivity contribution in [3.8, 4) is 0 Å². The summed E-state index contributed by atoms with van der Waals surface area (Å²) in [6.07, 6.45) is 5.71. The number of thiocarbonyl (C=S) groups is 1. The van der Waals surface area contributed by atoms with Crippen molar-refractivity contribution in [3.05, 3.63) is 35.4 Å². The SMILES string of the molecule is O=C[C@H]1NCC(=S)C1C(=O)[C@@H]1CCCN1C(=O)C[C@@H]1CCc2ccccc2C1. The molecule has 2 aliphatic heterocycles. The molecule has 148 valence electrons. The average molecular weight is 399 g/mol. The van der Waals surface area contributed by atoms with Gasteiger partial charge < -0.3 is 15.0 Å². The zero-order valence-corrected chi connectivity index (χ0v) is 16.7. The lowest BCUT2D eigenvalue weighted by atomic mass is 9.82. The van der Waals surface area contributed by atoms with Crippen molar-refractivity contribution in [2.45, 2.75) is 50.6 Å². The van der Waals surface area contributed by atoms with Crippen LogP contribution in [0, 0.1) is 11.8 Å². The molecule has 28 heavy (non-hydrogen) atoms. The number of rotatable bonds is 5. The average Bonchev–Trinajstić information content (AvgIpc) is 3.34. The predicted octanol–water partition coefficient (Wildman–Crippen LogP) is 1.90. The Morgan fingerprint density at radius 3 is 2.79 bits per heavy atom. The molecule has 1 amide bonds. The molecule has 3 aliphatic rings. The van der Waals surface area contributed by atoms with Crippen LogP contribution in [0.15, 0.2) is 24.3 Å². The summed E-state index contributed by atoms with van der Waals surface area (Å²) in [4.78, 5) is 39.8. The molecule has 2 saturated heterocycles. The number of carbonyl (C=O) groups is 3. The first-order valence-corrected chi connectivity index (χ1v) is 10.6. The number of aldehydes is 1. The van der Waals surface area contributed by atoms with Crippen molar-refractivity contribution in [3.63, 3.8) is 0 Å². The molecule has 6 heteroatoms.